The summed E-state index contributed by atoms with van der Waals surface area (Å²) in [5.74, 6) is 2.21. The van der Waals surface area contributed by atoms with Crippen molar-refractivity contribution < 1.29 is 4.74 Å². The topological polar surface area (TPSA) is 35.2 Å². The quantitative estimate of drug-likeness (QED) is 0.875. The van der Waals surface area contributed by atoms with Crippen molar-refractivity contribution in [3.05, 3.63) is 28.8 Å². The largest absolute Gasteiger partial charge is 0.496 e. The van der Waals surface area contributed by atoms with Gasteiger partial charge in [-0.3, -0.25) is 0 Å². The molecule has 2 nitrogen and oxygen atoms in total. The average molecular weight is 261 g/mol. The Hall–Kier alpha value is -1.02. The van der Waals surface area contributed by atoms with Crippen LogP contribution in [0.2, 0.25) is 0 Å². The maximum atomic E-state index is 6.83. The molecule has 1 aliphatic carbocycles. The number of nitrogens with two attached hydrogens (primary N) is 1. The molecule has 1 aromatic carbocycles. The van der Waals surface area contributed by atoms with Crippen LogP contribution in [-0.2, 0) is 5.54 Å². The van der Waals surface area contributed by atoms with Crippen molar-refractivity contribution in [1.29, 1.82) is 0 Å². The number of benzene rings is 1. The van der Waals surface area contributed by atoms with Gasteiger partial charge in [0.2, 0.25) is 0 Å². The third kappa shape index (κ3) is 2.51. The van der Waals surface area contributed by atoms with Gasteiger partial charge in [0.05, 0.1) is 7.11 Å². The van der Waals surface area contributed by atoms with E-state index in [-0.39, 0.29) is 5.54 Å². The Kier molecular flexibility index (Phi) is 3.91. The smallest absolute Gasteiger partial charge is 0.122 e. The van der Waals surface area contributed by atoms with Crippen molar-refractivity contribution in [2.24, 2.45) is 17.6 Å². The van der Waals surface area contributed by atoms with E-state index in [1.807, 2.05) is 0 Å². The lowest BCUT2D eigenvalue weighted by atomic mass is 9.66. The van der Waals surface area contributed by atoms with Gasteiger partial charge in [-0.2, -0.15) is 0 Å². The van der Waals surface area contributed by atoms with E-state index in [2.05, 4.69) is 39.8 Å². The summed E-state index contributed by atoms with van der Waals surface area (Å²) in [7, 11) is 1.73. The zero-order valence-corrected chi connectivity index (χ0v) is 12.9. The Balaban J connectivity index is 2.47. The van der Waals surface area contributed by atoms with Crippen molar-refractivity contribution in [3.8, 4) is 5.75 Å². The molecule has 0 saturated heterocycles. The van der Waals surface area contributed by atoms with Crippen molar-refractivity contribution in [2.75, 3.05) is 7.11 Å². The molecule has 0 spiro atoms. The molecule has 0 amide bonds. The summed E-state index contributed by atoms with van der Waals surface area (Å²) in [4.78, 5) is 0. The second-order valence-electron chi connectivity index (χ2n) is 6.46. The monoisotopic (exact) mass is 261 g/mol. The van der Waals surface area contributed by atoms with Crippen molar-refractivity contribution >= 4 is 0 Å². The summed E-state index contributed by atoms with van der Waals surface area (Å²) < 4.78 is 5.41. The number of hydrogen-bond donors (Lipinski definition) is 1. The molecule has 3 atom stereocenters. The van der Waals surface area contributed by atoms with Crippen molar-refractivity contribution in [2.45, 2.75) is 52.5 Å². The normalized spacial score (nSPS) is 31.3. The first-order valence-corrected chi connectivity index (χ1v) is 7.33. The summed E-state index contributed by atoms with van der Waals surface area (Å²) in [6, 6.07) is 4.37. The molecule has 3 unspecified atom stereocenters. The predicted molar refractivity (Wildman–Crippen MR) is 80.5 cm³/mol. The van der Waals surface area contributed by atoms with Crippen molar-refractivity contribution in [3.63, 3.8) is 0 Å². The first-order chi connectivity index (χ1) is 8.88. The van der Waals surface area contributed by atoms with E-state index in [9.17, 15) is 0 Å². The lowest BCUT2D eigenvalue weighted by Gasteiger charge is -2.43. The molecular weight excluding hydrogens is 234 g/mol. The predicted octanol–water partition coefficient (Wildman–Crippen LogP) is 3.92. The lowest BCUT2D eigenvalue weighted by molar-refractivity contribution is 0.161. The van der Waals surface area contributed by atoms with Crippen LogP contribution in [0.5, 0.6) is 5.75 Å². The highest BCUT2D eigenvalue weighted by atomic mass is 16.5. The van der Waals surface area contributed by atoms with Gasteiger partial charge in [0.1, 0.15) is 5.75 Å². The van der Waals surface area contributed by atoms with Gasteiger partial charge in [-0.05, 0) is 61.3 Å². The molecule has 0 bridgehead atoms. The number of rotatable bonds is 2. The molecule has 1 saturated carbocycles. The summed E-state index contributed by atoms with van der Waals surface area (Å²) in [6.45, 7) is 8.87. The molecule has 19 heavy (non-hydrogen) atoms. The molecule has 0 aromatic heterocycles. The molecule has 0 radical (unpaired) electrons. The molecule has 2 N–H and O–H groups in total. The van der Waals surface area contributed by atoms with Crippen LogP contribution < -0.4 is 10.5 Å². The molecule has 1 aliphatic rings. The first-order valence-electron chi connectivity index (χ1n) is 7.33. The second kappa shape index (κ2) is 5.16. The molecular formula is C17H27NO. The summed E-state index contributed by atoms with van der Waals surface area (Å²) in [6.07, 6.45) is 3.61. The third-order valence-corrected chi connectivity index (χ3v) is 4.90. The van der Waals surface area contributed by atoms with E-state index in [1.54, 1.807) is 7.11 Å². The summed E-state index contributed by atoms with van der Waals surface area (Å²) in [5, 5.41) is 0. The number of ether oxygens (including phenoxy) is 1. The minimum Gasteiger partial charge on any atom is -0.496 e. The Bertz CT molecular complexity index is 469. The number of aryl methyl sites for hydroxylation is 2. The van der Waals surface area contributed by atoms with E-state index in [1.165, 1.54) is 29.5 Å². The van der Waals surface area contributed by atoms with Crippen LogP contribution in [0, 0.1) is 25.7 Å². The minimum atomic E-state index is -0.182. The van der Waals surface area contributed by atoms with E-state index < -0.39 is 0 Å². The van der Waals surface area contributed by atoms with Gasteiger partial charge in [-0.25, -0.2) is 0 Å². The third-order valence-electron chi connectivity index (χ3n) is 4.90. The highest BCUT2D eigenvalue weighted by Gasteiger charge is 2.39. The Morgan fingerprint density at radius 3 is 2.47 bits per heavy atom. The Morgan fingerprint density at radius 1 is 1.16 bits per heavy atom. The first kappa shape index (κ1) is 14.4. The number of methoxy groups -OCH3 is 1. The van der Waals surface area contributed by atoms with Crippen molar-refractivity contribution in [1.82, 2.24) is 0 Å². The van der Waals surface area contributed by atoms with Gasteiger partial charge in [0.15, 0.2) is 0 Å². The van der Waals surface area contributed by atoms with Gasteiger partial charge in [-0.15, -0.1) is 0 Å². The Labute approximate surface area is 117 Å². The number of hydrogen-bond acceptors (Lipinski definition) is 2. The molecule has 2 rings (SSSR count). The van der Waals surface area contributed by atoms with Gasteiger partial charge in [0.25, 0.3) is 0 Å². The molecule has 106 valence electrons. The summed E-state index contributed by atoms with van der Waals surface area (Å²) in [5.41, 5.74) is 10.4. The van der Waals surface area contributed by atoms with Crippen LogP contribution in [0.15, 0.2) is 12.1 Å². The lowest BCUT2D eigenvalue weighted by Crippen LogP contribution is -2.47. The zero-order valence-electron chi connectivity index (χ0n) is 12.9. The fraction of sp³-hybridized carbons (Fsp3) is 0.647. The van der Waals surface area contributed by atoms with Gasteiger partial charge < -0.3 is 10.5 Å². The van der Waals surface area contributed by atoms with Crippen LogP contribution in [0.3, 0.4) is 0 Å². The SMILES string of the molecule is COc1cc(C)c(C2(N)CC(C)CCC2C)cc1C. The molecule has 0 aliphatic heterocycles. The van der Waals surface area contributed by atoms with E-state index >= 15 is 0 Å². The highest BCUT2D eigenvalue weighted by molar-refractivity contribution is 5.45. The summed E-state index contributed by atoms with van der Waals surface area (Å²) >= 11 is 0. The van der Waals surface area contributed by atoms with Crippen LogP contribution in [-0.4, -0.2) is 7.11 Å². The van der Waals surface area contributed by atoms with Gasteiger partial charge in [-0.1, -0.05) is 26.3 Å². The fourth-order valence-electron chi connectivity index (χ4n) is 3.56. The van der Waals surface area contributed by atoms with Crippen LogP contribution >= 0.6 is 0 Å². The van der Waals surface area contributed by atoms with Crippen LogP contribution in [0.4, 0.5) is 0 Å². The molecule has 1 fully saturated rings. The second-order valence-corrected chi connectivity index (χ2v) is 6.46. The Morgan fingerprint density at radius 2 is 1.84 bits per heavy atom. The highest BCUT2D eigenvalue weighted by Crippen LogP contribution is 2.44. The van der Waals surface area contributed by atoms with E-state index in [0.29, 0.717) is 11.8 Å². The molecule has 0 heterocycles. The molecule has 2 heteroatoms. The van der Waals surface area contributed by atoms with Crippen LogP contribution in [0.25, 0.3) is 0 Å². The maximum Gasteiger partial charge on any atom is 0.122 e. The average Bonchev–Trinajstić information content (AvgIpc) is 2.36. The zero-order chi connectivity index (χ0) is 14.2. The van der Waals surface area contributed by atoms with Crippen LogP contribution in [0.1, 0.15) is 49.8 Å². The maximum absolute atomic E-state index is 6.83. The standard InChI is InChI=1S/C17H27NO/c1-11-6-7-14(4)17(18,10-11)15-8-13(3)16(19-5)9-12(15)2/h8-9,11,14H,6-7,10,18H2,1-5H3. The molecule has 1 aromatic rings. The van der Waals surface area contributed by atoms with Gasteiger partial charge in [0, 0.05) is 5.54 Å². The van der Waals surface area contributed by atoms with E-state index in [0.717, 1.165) is 12.2 Å². The fourth-order valence-corrected chi connectivity index (χ4v) is 3.56. The van der Waals surface area contributed by atoms with E-state index in [4.69, 9.17) is 10.5 Å². The minimum absolute atomic E-state index is 0.182. The van der Waals surface area contributed by atoms with Gasteiger partial charge >= 0.3 is 0 Å².